The fourth-order valence-electron chi connectivity index (χ4n) is 1.48. The maximum absolute atomic E-state index is 12.0. The summed E-state index contributed by atoms with van der Waals surface area (Å²) >= 11 is 8.29. The smallest absolute Gasteiger partial charge is 0.168 e. The van der Waals surface area contributed by atoms with Gasteiger partial charge in [-0.1, -0.05) is 15.9 Å². The third-order valence-corrected chi connectivity index (χ3v) is 4.29. The van der Waals surface area contributed by atoms with E-state index >= 15 is 0 Å². The van der Waals surface area contributed by atoms with Crippen molar-refractivity contribution in [3.63, 3.8) is 0 Å². The maximum Gasteiger partial charge on any atom is 0.168 e. The fraction of sp³-hybridized carbons (Fsp3) is 0.0833. The third-order valence-electron chi connectivity index (χ3n) is 2.21. The van der Waals surface area contributed by atoms with Gasteiger partial charge in [0.1, 0.15) is 0 Å². The molecule has 0 amide bonds. The van der Waals surface area contributed by atoms with E-state index in [-0.39, 0.29) is 5.78 Å². The van der Waals surface area contributed by atoms with Gasteiger partial charge in [-0.25, -0.2) is 0 Å². The molecule has 0 aliphatic carbocycles. The van der Waals surface area contributed by atoms with Crippen LogP contribution >= 0.6 is 43.2 Å². The van der Waals surface area contributed by atoms with Gasteiger partial charge in [-0.15, -0.1) is 11.3 Å². The SMILES string of the molecule is Nc1cc(Br)cc(C(=O)Cc2ccc(Br)s2)c1. The first-order valence-corrected chi connectivity index (χ1v) is 7.28. The van der Waals surface area contributed by atoms with Crippen molar-refractivity contribution in [2.45, 2.75) is 6.42 Å². The summed E-state index contributed by atoms with van der Waals surface area (Å²) in [5.74, 6) is 0.0763. The van der Waals surface area contributed by atoms with Crippen LogP contribution in [0.15, 0.2) is 38.6 Å². The monoisotopic (exact) mass is 373 g/mol. The highest BCUT2D eigenvalue weighted by atomic mass is 79.9. The van der Waals surface area contributed by atoms with Gasteiger partial charge in [-0.05, 0) is 46.3 Å². The van der Waals surface area contributed by atoms with E-state index in [9.17, 15) is 4.79 Å². The molecule has 0 aliphatic rings. The molecular formula is C12H9Br2NOS. The molecule has 0 spiro atoms. The van der Waals surface area contributed by atoms with Crippen molar-refractivity contribution < 1.29 is 4.79 Å². The Hall–Kier alpha value is -0.650. The molecule has 88 valence electrons. The summed E-state index contributed by atoms with van der Waals surface area (Å²) in [6, 6.07) is 9.17. The van der Waals surface area contributed by atoms with E-state index in [4.69, 9.17) is 5.73 Å². The molecule has 17 heavy (non-hydrogen) atoms. The first-order chi connectivity index (χ1) is 8.04. The van der Waals surface area contributed by atoms with Crippen molar-refractivity contribution in [2.24, 2.45) is 0 Å². The molecule has 2 aromatic rings. The molecule has 1 aromatic carbocycles. The van der Waals surface area contributed by atoms with Gasteiger partial charge < -0.3 is 5.73 Å². The Morgan fingerprint density at radius 2 is 2.00 bits per heavy atom. The number of carbonyl (C=O) groups is 1. The van der Waals surface area contributed by atoms with Gasteiger partial charge in [0.2, 0.25) is 0 Å². The van der Waals surface area contributed by atoms with E-state index < -0.39 is 0 Å². The van der Waals surface area contributed by atoms with Crippen LogP contribution in [0.2, 0.25) is 0 Å². The highest BCUT2D eigenvalue weighted by Crippen LogP contribution is 2.24. The number of ketones is 1. The van der Waals surface area contributed by atoms with E-state index in [1.807, 2.05) is 12.1 Å². The molecule has 2 nitrogen and oxygen atoms in total. The van der Waals surface area contributed by atoms with E-state index in [2.05, 4.69) is 31.9 Å². The minimum absolute atomic E-state index is 0.0763. The molecule has 2 rings (SSSR count). The molecule has 0 saturated carbocycles. The summed E-state index contributed by atoms with van der Waals surface area (Å²) in [4.78, 5) is 13.1. The highest BCUT2D eigenvalue weighted by Gasteiger charge is 2.10. The predicted molar refractivity (Wildman–Crippen MR) is 78.6 cm³/mol. The molecule has 0 unspecified atom stereocenters. The third kappa shape index (κ3) is 3.40. The van der Waals surface area contributed by atoms with Crippen molar-refractivity contribution in [1.29, 1.82) is 0 Å². The van der Waals surface area contributed by atoms with Crippen molar-refractivity contribution in [3.8, 4) is 0 Å². The number of hydrogen-bond acceptors (Lipinski definition) is 3. The number of nitrogen functional groups attached to an aromatic ring is 1. The number of halogens is 2. The second-order valence-corrected chi connectivity index (χ2v) is 7.04. The number of Topliss-reactive ketones (excluding diaryl/α,β-unsaturated/α-hetero) is 1. The summed E-state index contributed by atoms with van der Waals surface area (Å²) in [5.41, 5.74) is 6.94. The lowest BCUT2D eigenvalue weighted by atomic mass is 10.1. The van der Waals surface area contributed by atoms with Gasteiger partial charge in [-0.3, -0.25) is 4.79 Å². The maximum atomic E-state index is 12.0. The van der Waals surface area contributed by atoms with Crippen LogP contribution < -0.4 is 5.73 Å². The zero-order chi connectivity index (χ0) is 12.4. The van der Waals surface area contributed by atoms with Gasteiger partial charge in [-0.2, -0.15) is 0 Å². The van der Waals surface area contributed by atoms with Crippen LogP contribution in [-0.4, -0.2) is 5.78 Å². The van der Waals surface area contributed by atoms with E-state index in [0.717, 1.165) is 13.1 Å². The fourth-order valence-corrected chi connectivity index (χ4v) is 3.47. The molecular weight excluding hydrogens is 366 g/mol. The largest absolute Gasteiger partial charge is 0.399 e. The average Bonchev–Trinajstić information content (AvgIpc) is 2.62. The lowest BCUT2D eigenvalue weighted by Gasteiger charge is -2.02. The molecule has 0 atom stereocenters. The van der Waals surface area contributed by atoms with Crippen molar-refractivity contribution in [3.05, 3.63) is 49.0 Å². The molecule has 0 aliphatic heterocycles. The Bertz CT molecular complexity index is 545. The number of hydrogen-bond donors (Lipinski definition) is 1. The van der Waals surface area contributed by atoms with Gasteiger partial charge in [0.05, 0.1) is 3.79 Å². The average molecular weight is 375 g/mol. The summed E-state index contributed by atoms with van der Waals surface area (Å²) in [6.07, 6.45) is 0.409. The minimum atomic E-state index is 0.0763. The van der Waals surface area contributed by atoms with Crippen LogP contribution in [-0.2, 0) is 6.42 Å². The molecule has 0 fully saturated rings. The molecule has 1 heterocycles. The zero-order valence-electron chi connectivity index (χ0n) is 8.74. The van der Waals surface area contributed by atoms with Crippen molar-refractivity contribution in [2.75, 3.05) is 5.73 Å². The summed E-state index contributed by atoms with van der Waals surface area (Å²) in [6.45, 7) is 0. The van der Waals surface area contributed by atoms with E-state index in [0.29, 0.717) is 17.7 Å². The quantitative estimate of drug-likeness (QED) is 0.643. The second kappa shape index (κ2) is 5.33. The van der Waals surface area contributed by atoms with Crippen LogP contribution in [0.25, 0.3) is 0 Å². The lowest BCUT2D eigenvalue weighted by Crippen LogP contribution is -2.03. The first kappa shape index (κ1) is 12.8. The molecule has 0 saturated heterocycles. The van der Waals surface area contributed by atoms with E-state index in [1.54, 1.807) is 29.5 Å². The minimum Gasteiger partial charge on any atom is -0.399 e. The summed E-state index contributed by atoms with van der Waals surface area (Å²) in [5, 5.41) is 0. The molecule has 2 N–H and O–H groups in total. The van der Waals surface area contributed by atoms with Crippen LogP contribution in [0.1, 0.15) is 15.2 Å². The molecule has 1 aromatic heterocycles. The summed E-state index contributed by atoms with van der Waals surface area (Å²) in [7, 11) is 0. The Labute approximate surface area is 120 Å². The van der Waals surface area contributed by atoms with Crippen LogP contribution in [0, 0.1) is 0 Å². The number of nitrogens with two attached hydrogens (primary N) is 1. The predicted octanol–water partition coefficient (Wildman–Crippen LogP) is 4.28. The second-order valence-electron chi connectivity index (χ2n) is 3.58. The molecule has 0 bridgehead atoms. The topological polar surface area (TPSA) is 43.1 Å². The van der Waals surface area contributed by atoms with Gasteiger partial charge in [0, 0.05) is 27.0 Å². The first-order valence-electron chi connectivity index (χ1n) is 4.88. The number of carbonyl (C=O) groups excluding carboxylic acids is 1. The van der Waals surface area contributed by atoms with Gasteiger partial charge in [0.15, 0.2) is 5.78 Å². The van der Waals surface area contributed by atoms with E-state index in [1.165, 1.54) is 0 Å². The van der Waals surface area contributed by atoms with Gasteiger partial charge in [0.25, 0.3) is 0 Å². The van der Waals surface area contributed by atoms with Crippen LogP contribution in [0.5, 0.6) is 0 Å². The van der Waals surface area contributed by atoms with Gasteiger partial charge >= 0.3 is 0 Å². The van der Waals surface area contributed by atoms with Crippen LogP contribution in [0.4, 0.5) is 5.69 Å². The zero-order valence-corrected chi connectivity index (χ0v) is 12.7. The Balaban J connectivity index is 2.19. The standard InChI is InChI=1S/C12H9Br2NOS/c13-8-3-7(4-9(15)5-8)11(16)6-10-1-2-12(14)17-10/h1-5H,6,15H2. The van der Waals surface area contributed by atoms with Crippen LogP contribution in [0.3, 0.4) is 0 Å². The van der Waals surface area contributed by atoms with Crippen molar-refractivity contribution >= 4 is 54.7 Å². The normalized spacial score (nSPS) is 10.5. The molecule has 0 radical (unpaired) electrons. The Morgan fingerprint density at radius 1 is 1.24 bits per heavy atom. The molecule has 5 heteroatoms. The lowest BCUT2D eigenvalue weighted by molar-refractivity contribution is 0.0994. The Kier molecular flexibility index (Phi) is 4.01. The number of thiophene rings is 1. The number of rotatable bonds is 3. The van der Waals surface area contributed by atoms with Crippen molar-refractivity contribution in [1.82, 2.24) is 0 Å². The summed E-state index contributed by atoms with van der Waals surface area (Å²) < 4.78 is 1.86. The number of benzene rings is 1. The number of anilines is 1. The highest BCUT2D eigenvalue weighted by molar-refractivity contribution is 9.11. The Morgan fingerprint density at radius 3 is 2.59 bits per heavy atom.